The molecule has 0 atom stereocenters. The number of fused-ring (bicyclic) bond motifs is 1. The van der Waals surface area contributed by atoms with Crippen LogP contribution < -0.4 is 5.32 Å². The minimum Gasteiger partial charge on any atom is -0.314 e. The second kappa shape index (κ2) is 4.08. The fraction of sp³-hybridized carbons (Fsp3) is 0.200. The first-order chi connectivity index (χ1) is 7.20. The van der Waals surface area contributed by atoms with Gasteiger partial charge in [-0.05, 0) is 36.8 Å². The number of aromatic nitrogens is 2. The van der Waals surface area contributed by atoms with E-state index in [0.29, 0.717) is 23.1 Å². The standard InChI is InChI=1S/C10H9ClFN3/c1-13-5-9-7-4-6(12)2-3-8(7)14-10(11)15-9/h2-4,13H,5H2,1H3. The zero-order chi connectivity index (χ0) is 10.8. The van der Waals surface area contributed by atoms with Crippen molar-refractivity contribution in [2.24, 2.45) is 0 Å². The maximum atomic E-state index is 13.0. The Kier molecular flexibility index (Phi) is 2.79. The lowest BCUT2D eigenvalue weighted by Crippen LogP contribution is -2.08. The van der Waals surface area contributed by atoms with Crippen molar-refractivity contribution in [2.45, 2.75) is 6.54 Å². The predicted molar refractivity (Wildman–Crippen MR) is 57.3 cm³/mol. The number of halogens is 2. The van der Waals surface area contributed by atoms with Gasteiger partial charge in [-0.15, -0.1) is 0 Å². The second-order valence-corrected chi connectivity index (χ2v) is 3.47. The minimum absolute atomic E-state index is 0.180. The zero-order valence-corrected chi connectivity index (χ0v) is 8.85. The van der Waals surface area contributed by atoms with Gasteiger partial charge < -0.3 is 5.32 Å². The third-order valence-corrected chi connectivity index (χ3v) is 2.22. The third kappa shape index (κ3) is 2.06. The molecular formula is C10H9ClFN3. The molecule has 0 aliphatic rings. The van der Waals surface area contributed by atoms with Crippen LogP contribution in [0.2, 0.25) is 5.28 Å². The van der Waals surface area contributed by atoms with Gasteiger partial charge in [-0.2, -0.15) is 0 Å². The summed E-state index contributed by atoms with van der Waals surface area (Å²) in [5.74, 6) is -0.300. The van der Waals surface area contributed by atoms with Crippen LogP contribution in [0.1, 0.15) is 5.69 Å². The van der Waals surface area contributed by atoms with Crippen molar-refractivity contribution in [3.8, 4) is 0 Å². The van der Waals surface area contributed by atoms with Crippen molar-refractivity contribution in [3.05, 3.63) is 35.0 Å². The van der Waals surface area contributed by atoms with Gasteiger partial charge in [0.05, 0.1) is 11.2 Å². The maximum Gasteiger partial charge on any atom is 0.223 e. The third-order valence-electron chi connectivity index (χ3n) is 2.05. The van der Waals surface area contributed by atoms with Crippen LogP contribution in [-0.4, -0.2) is 17.0 Å². The van der Waals surface area contributed by atoms with E-state index in [1.54, 1.807) is 13.1 Å². The molecule has 1 aromatic heterocycles. The Morgan fingerprint density at radius 1 is 1.40 bits per heavy atom. The SMILES string of the molecule is CNCc1nc(Cl)nc2ccc(F)cc12. The summed E-state index contributed by atoms with van der Waals surface area (Å²) in [6.07, 6.45) is 0. The molecule has 5 heteroatoms. The van der Waals surface area contributed by atoms with Crippen molar-refractivity contribution < 1.29 is 4.39 Å². The highest BCUT2D eigenvalue weighted by Gasteiger charge is 2.06. The van der Waals surface area contributed by atoms with Gasteiger partial charge in [-0.25, -0.2) is 14.4 Å². The quantitative estimate of drug-likeness (QED) is 0.796. The van der Waals surface area contributed by atoms with Gasteiger partial charge >= 0.3 is 0 Å². The number of nitrogens with zero attached hydrogens (tertiary/aromatic N) is 2. The van der Waals surface area contributed by atoms with E-state index in [-0.39, 0.29) is 11.1 Å². The molecule has 1 aromatic carbocycles. The molecule has 0 amide bonds. The van der Waals surface area contributed by atoms with Crippen molar-refractivity contribution in [1.82, 2.24) is 15.3 Å². The molecule has 0 bridgehead atoms. The summed E-state index contributed by atoms with van der Waals surface area (Å²) in [6, 6.07) is 4.37. The van der Waals surface area contributed by atoms with Gasteiger partial charge in [0, 0.05) is 11.9 Å². The van der Waals surface area contributed by atoms with E-state index in [1.807, 2.05) is 0 Å². The average Bonchev–Trinajstić information content (AvgIpc) is 2.19. The highest BCUT2D eigenvalue weighted by Crippen LogP contribution is 2.18. The molecule has 3 nitrogen and oxygen atoms in total. The number of benzene rings is 1. The smallest absolute Gasteiger partial charge is 0.223 e. The number of rotatable bonds is 2. The lowest BCUT2D eigenvalue weighted by atomic mass is 10.2. The van der Waals surface area contributed by atoms with E-state index in [9.17, 15) is 4.39 Å². The van der Waals surface area contributed by atoms with Crippen molar-refractivity contribution in [3.63, 3.8) is 0 Å². The molecule has 2 rings (SSSR count). The highest BCUT2D eigenvalue weighted by atomic mass is 35.5. The molecule has 0 aliphatic heterocycles. The molecule has 0 unspecified atom stereocenters. The molecule has 0 fully saturated rings. The lowest BCUT2D eigenvalue weighted by molar-refractivity contribution is 0.629. The van der Waals surface area contributed by atoms with Crippen LogP contribution >= 0.6 is 11.6 Å². The lowest BCUT2D eigenvalue weighted by Gasteiger charge is -2.05. The van der Waals surface area contributed by atoms with E-state index >= 15 is 0 Å². The van der Waals surface area contributed by atoms with E-state index in [2.05, 4.69) is 15.3 Å². The van der Waals surface area contributed by atoms with E-state index in [1.165, 1.54) is 12.1 Å². The van der Waals surface area contributed by atoms with Crippen molar-refractivity contribution in [1.29, 1.82) is 0 Å². The van der Waals surface area contributed by atoms with Crippen LogP contribution in [0.5, 0.6) is 0 Å². The molecule has 0 saturated heterocycles. The molecule has 0 spiro atoms. The second-order valence-electron chi connectivity index (χ2n) is 3.13. The highest BCUT2D eigenvalue weighted by molar-refractivity contribution is 6.28. The Morgan fingerprint density at radius 3 is 2.93 bits per heavy atom. The molecule has 0 radical (unpaired) electrons. The first kappa shape index (κ1) is 10.3. The van der Waals surface area contributed by atoms with Gasteiger partial charge in [0.15, 0.2) is 0 Å². The molecule has 0 aliphatic carbocycles. The molecule has 1 N–H and O–H groups in total. The molecule has 15 heavy (non-hydrogen) atoms. The zero-order valence-electron chi connectivity index (χ0n) is 8.09. The number of hydrogen-bond acceptors (Lipinski definition) is 3. The summed E-state index contributed by atoms with van der Waals surface area (Å²) in [6.45, 7) is 0.530. The van der Waals surface area contributed by atoms with Crippen LogP contribution in [0.4, 0.5) is 4.39 Å². The van der Waals surface area contributed by atoms with E-state index < -0.39 is 0 Å². The Balaban J connectivity index is 2.70. The van der Waals surface area contributed by atoms with Crippen molar-refractivity contribution >= 4 is 22.5 Å². The summed E-state index contributed by atoms with van der Waals surface area (Å²) in [7, 11) is 1.79. The average molecular weight is 226 g/mol. The molecule has 2 aromatic rings. The summed E-state index contributed by atoms with van der Waals surface area (Å²) in [5.41, 5.74) is 1.36. The summed E-state index contributed by atoms with van der Waals surface area (Å²) in [4.78, 5) is 8.08. The van der Waals surface area contributed by atoms with Gasteiger partial charge in [0.2, 0.25) is 5.28 Å². The summed E-state index contributed by atoms with van der Waals surface area (Å²) >= 11 is 5.76. The Labute approximate surface area is 91.3 Å². The van der Waals surface area contributed by atoms with Crippen LogP contribution in [0, 0.1) is 5.82 Å². The Bertz CT molecular complexity index is 501. The molecule has 78 valence electrons. The number of hydrogen-bond donors (Lipinski definition) is 1. The molecule has 0 saturated carbocycles. The summed E-state index contributed by atoms with van der Waals surface area (Å²) in [5, 5.41) is 3.82. The van der Waals surface area contributed by atoms with E-state index in [0.717, 1.165) is 0 Å². The van der Waals surface area contributed by atoms with E-state index in [4.69, 9.17) is 11.6 Å². The van der Waals surface area contributed by atoms with Gasteiger partial charge in [-0.1, -0.05) is 0 Å². The van der Waals surface area contributed by atoms with Gasteiger partial charge in [0.25, 0.3) is 0 Å². The monoisotopic (exact) mass is 225 g/mol. The molecule has 1 heterocycles. The first-order valence-electron chi connectivity index (χ1n) is 4.47. The van der Waals surface area contributed by atoms with Crippen LogP contribution in [-0.2, 0) is 6.54 Å². The predicted octanol–water partition coefficient (Wildman–Crippen LogP) is 2.14. The van der Waals surface area contributed by atoms with Gasteiger partial charge in [-0.3, -0.25) is 0 Å². The van der Waals surface area contributed by atoms with Gasteiger partial charge in [0.1, 0.15) is 5.82 Å². The van der Waals surface area contributed by atoms with Crippen molar-refractivity contribution in [2.75, 3.05) is 7.05 Å². The normalized spacial score (nSPS) is 10.9. The Hall–Kier alpha value is -1.26. The Morgan fingerprint density at radius 2 is 2.20 bits per heavy atom. The maximum absolute atomic E-state index is 13.0. The topological polar surface area (TPSA) is 37.8 Å². The summed E-state index contributed by atoms with van der Waals surface area (Å²) < 4.78 is 13.0. The first-order valence-corrected chi connectivity index (χ1v) is 4.85. The fourth-order valence-corrected chi connectivity index (χ4v) is 1.63. The fourth-order valence-electron chi connectivity index (χ4n) is 1.44. The van der Waals surface area contributed by atoms with Crippen LogP contribution in [0.3, 0.4) is 0 Å². The van der Waals surface area contributed by atoms with Crippen LogP contribution in [0.25, 0.3) is 10.9 Å². The minimum atomic E-state index is -0.300. The number of nitrogens with one attached hydrogen (secondary N) is 1. The molecular weight excluding hydrogens is 217 g/mol. The largest absolute Gasteiger partial charge is 0.314 e. The van der Waals surface area contributed by atoms with Crippen LogP contribution in [0.15, 0.2) is 18.2 Å².